The van der Waals surface area contributed by atoms with E-state index in [0.717, 1.165) is 27.3 Å². The number of hydrogen-bond acceptors (Lipinski definition) is 4. The third-order valence-corrected chi connectivity index (χ3v) is 6.30. The summed E-state index contributed by atoms with van der Waals surface area (Å²) >= 11 is 6.06. The van der Waals surface area contributed by atoms with Crippen molar-refractivity contribution in [2.75, 3.05) is 23.7 Å². The lowest BCUT2D eigenvalue weighted by molar-refractivity contribution is -0.121. The molecule has 0 saturated carbocycles. The highest BCUT2D eigenvalue weighted by molar-refractivity contribution is 7.92. The van der Waals surface area contributed by atoms with Gasteiger partial charge in [-0.2, -0.15) is 0 Å². The second-order valence-corrected chi connectivity index (χ2v) is 9.32. The maximum atomic E-state index is 12.6. The van der Waals surface area contributed by atoms with Crippen molar-refractivity contribution in [3.05, 3.63) is 58.1 Å². The first-order valence-corrected chi connectivity index (χ1v) is 11.5. The van der Waals surface area contributed by atoms with Gasteiger partial charge in [0.25, 0.3) is 0 Å². The number of sulfonamides is 1. The van der Waals surface area contributed by atoms with Crippen molar-refractivity contribution in [3.8, 4) is 5.75 Å². The molecule has 1 atom stereocenters. The van der Waals surface area contributed by atoms with Crippen molar-refractivity contribution in [2.24, 2.45) is 0 Å². The van der Waals surface area contributed by atoms with Gasteiger partial charge in [-0.25, -0.2) is 8.42 Å². The van der Waals surface area contributed by atoms with Crippen molar-refractivity contribution >= 4 is 33.2 Å². The van der Waals surface area contributed by atoms with Gasteiger partial charge in [0.2, 0.25) is 15.9 Å². The van der Waals surface area contributed by atoms with E-state index in [1.807, 2.05) is 32.9 Å². The van der Waals surface area contributed by atoms with Crippen LogP contribution in [0.1, 0.15) is 23.6 Å². The van der Waals surface area contributed by atoms with Gasteiger partial charge >= 0.3 is 0 Å². The van der Waals surface area contributed by atoms with E-state index in [1.54, 1.807) is 31.2 Å². The van der Waals surface area contributed by atoms with Crippen LogP contribution in [0.4, 0.5) is 5.69 Å². The van der Waals surface area contributed by atoms with E-state index in [2.05, 4.69) is 5.32 Å². The third-order valence-electron chi connectivity index (χ3n) is 4.65. The molecule has 2 rings (SSSR count). The number of nitrogens with zero attached hydrogens (tertiary/aromatic N) is 1. The summed E-state index contributed by atoms with van der Waals surface area (Å²) in [5.74, 6) is 0.204. The summed E-state index contributed by atoms with van der Waals surface area (Å²) in [7, 11) is -3.65. The molecule has 0 spiro atoms. The minimum absolute atomic E-state index is 0.235. The molecule has 0 radical (unpaired) electrons. The quantitative estimate of drug-likeness (QED) is 0.639. The zero-order chi connectivity index (χ0) is 21.8. The van der Waals surface area contributed by atoms with Crippen molar-refractivity contribution < 1.29 is 17.9 Å². The summed E-state index contributed by atoms with van der Waals surface area (Å²) in [5.41, 5.74) is 3.42. The summed E-state index contributed by atoms with van der Waals surface area (Å²) in [6.07, 6.45) is 1.09. The van der Waals surface area contributed by atoms with Gasteiger partial charge in [-0.15, -0.1) is 0 Å². The Hall–Kier alpha value is -2.25. The SMILES string of the molecule is Cc1ccc(N([C@@H](C)C(=O)NCCOc2ccc(C)c(Cl)c2)S(C)(=O)=O)cc1C. The second-order valence-electron chi connectivity index (χ2n) is 7.05. The molecule has 29 heavy (non-hydrogen) atoms. The molecular formula is C21H27ClN2O4S. The van der Waals surface area contributed by atoms with Gasteiger partial charge in [0.15, 0.2) is 0 Å². The Morgan fingerprint density at radius 3 is 2.34 bits per heavy atom. The van der Waals surface area contributed by atoms with Crippen LogP contribution in [-0.4, -0.2) is 39.8 Å². The van der Waals surface area contributed by atoms with Crippen LogP contribution >= 0.6 is 11.6 Å². The molecule has 1 N–H and O–H groups in total. The first-order valence-electron chi connectivity index (χ1n) is 9.24. The summed E-state index contributed by atoms with van der Waals surface area (Å²) in [6, 6.07) is 9.78. The van der Waals surface area contributed by atoms with Crippen molar-refractivity contribution in [1.82, 2.24) is 5.32 Å². The molecule has 6 nitrogen and oxygen atoms in total. The molecule has 0 fully saturated rings. The van der Waals surface area contributed by atoms with Crippen molar-refractivity contribution in [3.63, 3.8) is 0 Å². The number of rotatable bonds is 8. The Balaban J connectivity index is 2.01. The van der Waals surface area contributed by atoms with E-state index >= 15 is 0 Å². The molecule has 8 heteroatoms. The highest BCUT2D eigenvalue weighted by atomic mass is 35.5. The fourth-order valence-electron chi connectivity index (χ4n) is 2.83. The Morgan fingerprint density at radius 2 is 1.76 bits per heavy atom. The standard InChI is InChI=1S/C21H27ClN2O4S/c1-14-6-8-18(12-16(14)3)24(29(5,26)27)17(4)21(25)23-10-11-28-19-9-7-15(2)20(22)13-19/h6-9,12-13,17H,10-11H2,1-5H3,(H,23,25)/t17-/m0/s1. The van der Waals surface area contributed by atoms with Crippen LogP contribution in [0.3, 0.4) is 0 Å². The van der Waals surface area contributed by atoms with Crippen LogP contribution in [0.5, 0.6) is 5.75 Å². The van der Waals surface area contributed by atoms with Gasteiger partial charge in [-0.1, -0.05) is 23.7 Å². The molecule has 0 aliphatic carbocycles. The zero-order valence-electron chi connectivity index (χ0n) is 17.3. The maximum Gasteiger partial charge on any atom is 0.243 e. The van der Waals surface area contributed by atoms with Crippen LogP contribution in [0, 0.1) is 20.8 Å². The van der Waals surface area contributed by atoms with E-state index in [9.17, 15) is 13.2 Å². The molecule has 0 aliphatic rings. The molecule has 0 unspecified atom stereocenters. The average Bonchev–Trinajstić information content (AvgIpc) is 2.63. The topological polar surface area (TPSA) is 75.7 Å². The number of benzene rings is 2. The van der Waals surface area contributed by atoms with Crippen molar-refractivity contribution in [2.45, 2.75) is 33.7 Å². The molecule has 0 bridgehead atoms. The fourth-order valence-corrected chi connectivity index (χ4v) is 4.16. The smallest absolute Gasteiger partial charge is 0.243 e. The lowest BCUT2D eigenvalue weighted by Gasteiger charge is -2.28. The van der Waals surface area contributed by atoms with E-state index in [1.165, 1.54) is 0 Å². The molecule has 0 aliphatic heterocycles. The number of amides is 1. The van der Waals surface area contributed by atoms with Gasteiger partial charge in [0.1, 0.15) is 18.4 Å². The summed E-state index contributed by atoms with van der Waals surface area (Å²) in [5, 5.41) is 3.33. The van der Waals surface area contributed by atoms with Crippen molar-refractivity contribution in [1.29, 1.82) is 0 Å². The Kier molecular flexibility index (Phi) is 7.54. The van der Waals surface area contributed by atoms with Gasteiger partial charge in [0, 0.05) is 5.02 Å². The Labute approximate surface area is 177 Å². The molecule has 0 heterocycles. The Morgan fingerprint density at radius 1 is 1.10 bits per heavy atom. The monoisotopic (exact) mass is 438 g/mol. The molecular weight excluding hydrogens is 412 g/mol. The summed E-state index contributed by atoms with van der Waals surface area (Å²) < 4.78 is 31.4. The molecule has 0 aromatic heterocycles. The first kappa shape index (κ1) is 23.0. The van der Waals surface area contributed by atoms with Gasteiger partial charge in [-0.05, 0) is 68.7 Å². The Bertz CT molecular complexity index is 992. The maximum absolute atomic E-state index is 12.6. The predicted molar refractivity (Wildman–Crippen MR) is 117 cm³/mol. The number of aryl methyl sites for hydroxylation is 3. The van der Waals surface area contributed by atoms with Crippen LogP contribution < -0.4 is 14.4 Å². The molecule has 158 valence electrons. The second kappa shape index (κ2) is 9.50. The highest BCUT2D eigenvalue weighted by Crippen LogP contribution is 2.24. The third kappa shape index (κ3) is 6.11. The molecule has 2 aromatic carbocycles. The minimum Gasteiger partial charge on any atom is -0.492 e. The average molecular weight is 439 g/mol. The van der Waals surface area contributed by atoms with Gasteiger partial charge in [0.05, 0.1) is 18.5 Å². The highest BCUT2D eigenvalue weighted by Gasteiger charge is 2.29. The summed E-state index contributed by atoms with van der Waals surface area (Å²) in [4.78, 5) is 12.6. The van der Waals surface area contributed by atoms with E-state index in [4.69, 9.17) is 16.3 Å². The lowest BCUT2D eigenvalue weighted by atomic mass is 10.1. The fraction of sp³-hybridized carbons (Fsp3) is 0.381. The minimum atomic E-state index is -3.65. The first-order chi connectivity index (χ1) is 13.5. The van der Waals surface area contributed by atoms with E-state index in [0.29, 0.717) is 16.5 Å². The van der Waals surface area contributed by atoms with E-state index < -0.39 is 22.0 Å². The molecule has 2 aromatic rings. The van der Waals surface area contributed by atoms with E-state index in [-0.39, 0.29) is 13.2 Å². The van der Waals surface area contributed by atoms with Crippen LogP contribution in [0.15, 0.2) is 36.4 Å². The predicted octanol–water partition coefficient (Wildman–Crippen LogP) is 3.61. The van der Waals surface area contributed by atoms with Crippen LogP contribution in [0.25, 0.3) is 0 Å². The lowest BCUT2D eigenvalue weighted by Crippen LogP contribution is -2.48. The number of anilines is 1. The van der Waals surface area contributed by atoms with Gasteiger partial charge in [-0.3, -0.25) is 9.10 Å². The normalized spacial score (nSPS) is 12.3. The number of ether oxygens (including phenoxy) is 1. The zero-order valence-corrected chi connectivity index (χ0v) is 18.9. The number of hydrogen-bond donors (Lipinski definition) is 1. The number of halogens is 1. The molecule has 1 amide bonds. The number of nitrogens with one attached hydrogen (secondary N) is 1. The number of carbonyl (C=O) groups excluding carboxylic acids is 1. The largest absolute Gasteiger partial charge is 0.492 e. The molecule has 0 saturated heterocycles. The van der Waals surface area contributed by atoms with Crippen LogP contribution in [0.2, 0.25) is 5.02 Å². The van der Waals surface area contributed by atoms with Crippen LogP contribution in [-0.2, 0) is 14.8 Å². The van der Waals surface area contributed by atoms with Gasteiger partial charge < -0.3 is 10.1 Å². The summed E-state index contributed by atoms with van der Waals surface area (Å²) in [6.45, 7) is 7.78. The number of carbonyl (C=O) groups is 1.